The van der Waals surface area contributed by atoms with E-state index in [0.29, 0.717) is 0 Å². The van der Waals surface area contributed by atoms with Gasteiger partial charge in [-0.1, -0.05) is 166 Å². The van der Waals surface area contributed by atoms with E-state index in [1.807, 2.05) is 28.8 Å². The number of rotatable bonds is 4. The summed E-state index contributed by atoms with van der Waals surface area (Å²) in [5.74, 6) is 0.819. The topological polar surface area (TPSA) is 43.1 Å². The van der Waals surface area contributed by atoms with Crippen molar-refractivity contribution in [2.45, 2.75) is 19.3 Å². The molecule has 0 radical (unpaired) electrons. The molecule has 54 heavy (non-hydrogen) atoms. The molecule has 0 amide bonds. The van der Waals surface area contributed by atoms with Crippen molar-refractivity contribution in [1.82, 2.24) is 19.6 Å². The van der Waals surface area contributed by atoms with Crippen molar-refractivity contribution in [2.75, 3.05) is 0 Å². The molecule has 4 nitrogen and oxygen atoms in total. The Balaban J connectivity index is 1.01. The second-order valence-electron chi connectivity index (χ2n) is 14.9. The highest BCUT2D eigenvalue weighted by molar-refractivity contribution is 6.15. The van der Waals surface area contributed by atoms with E-state index >= 15 is 0 Å². The van der Waals surface area contributed by atoms with Gasteiger partial charge in [-0.15, -0.1) is 0 Å². The van der Waals surface area contributed by atoms with E-state index in [1.165, 1.54) is 38.4 Å². The van der Waals surface area contributed by atoms with Crippen molar-refractivity contribution < 1.29 is 0 Å². The molecule has 11 rings (SSSR count). The molecule has 4 heteroatoms. The summed E-state index contributed by atoms with van der Waals surface area (Å²) in [6.07, 6.45) is 0. The van der Waals surface area contributed by atoms with E-state index in [9.17, 15) is 0 Å². The summed E-state index contributed by atoms with van der Waals surface area (Å²) in [6, 6.07) is 60.4. The maximum absolute atomic E-state index is 5.38. The number of hydrogen-bond acceptors (Lipinski definition) is 3. The van der Waals surface area contributed by atoms with Crippen LogP contribution in [0.4, 0.5) is 0 Å². The molecular formula is C50H34N4. The van der Waals surface area contributed by atoms with E-state index in [4.69, 9.17) is 15.1 Å². The van der Waals surface area contributed by atoms with Crippen molar-refractivity contribution in [3.8, 4) is 56.2 Å². The summed E-state index contributed by atoms with van der Waals surface area (Å²) in [5, 5.41) is 9.82. The molecule has 0 bridgehead atoms. The predicted molar refractivity (Wildman–Crippen MR) is 223 cm³/mol. The molecule has 0 saturated carbocycles. The normalized spacial score (nSPS) is 13.1. The van der Waals surface area contributed by atoms with Gasteiger partial charge in [0.2, 0.25) is 0 Å². The fourth-order valence-corrected chi connectivity index (χ4v) is 8.78. The summed E-state index contributed by atoms with van der Waals surface area (Å²) < 4.78 is 1.99. The fraction of sp³-hybridized carbons (Fsp3) is 0.0600. The van der Waals surface area contributed by atoms with E-state index in [1.54, 1.807) is 0 Å². The molecule has 1 aliphatic rings. The van der Waals surface area contributed by atoms with Crippen LogP contribution in [0.15, 0.2) is 170 Å². The first kappa shape index (κ1) is 30.7. The number of benzene rings is 7. The minimum atomic E-state index is -0.156. The summed E-state index contributed by atoms with van der Waals surface area (Å²) in [5.41, 5.74) is 15.7. The van der Waals surface area contributed by atoms with Crippen molar-refractivity contribution in [1.29, 1.82) is 0 Å². The monoisotopic (exact) mass is 690 g/mol. The van der Waals surface area contributed by atoms with Crippen LogP contribution in [0, 0.1) is 0 Å². The minimum Gasteiger partial charge on any atom is -0.247 e. The fourth-order valence-electron chi connectivity index (χ4n) is 8.78. The summed E-state index contributed by atoms with van der Waals surface area (Å²) >= 11 is 0. The van der Waals surface area contributed by atoms with Gasteiger partial charge in [0, 0.05) is 38.3 Å². The van der Waals surface area contributed by atoms with Crippen molar-refractivity contribution in [2.24, 2.45) is 0 Å². The molecule has 0 fully saturated rings. The van der Waals surface area contributed by atoms with Crippen LogP contribution >= 0.6 is 0 Å². The first-order valence-corrected chi connectivity index (χ1v) is 18.5. The molecular weight excluding hydrogens is 657 g/mol. The van der Waals surface area contributed by atoms with Gasteiger partial charge in [-0.3, -0.25) is 0 Å². The highest BCUT2D eigenvalue weighted by Gasteiger charge is 2.37. The molecule has 0 aliphatic heterocycles. The van der Waals surface area contributed by atoms with E-state index in [0.717, 1.165) is 67.0 Å². The Morgan fingerprint density at radius 1 is 0.463 bits per heavy atom. The minimum absolute atomic E-state index is 0.156. The third kappa shape index (κ3) is 4.53. The van der Waals surface area contributed by atoms with Gasteiger partial charge in [0.25, 0.3) is 0 Å². The summed E-state index contributed by atoms with van der Waals surface area (Å²) in [4.78, 5) is 10.5. The third-order valence-electron chi connectivity index (χ3n) is 11.4. The molecule has 0 saturated heterocycles. The summed E-state index contributed by atoms with van der Waals surface area (Å²) in [7, 11) is 0. The molecule has 0 N–H and O–H groups in total. The van der Waals surface area contributed by atoms with Gasteiger partial charge in [-0.2, -0.15) is 5.10 Å². The standard InChI is InChI=1S/C50H34N4/c1-50(2)41-17-9-6-14-36(41)39-29-28-38-37-15-7-10-18-42(37)51-48(46(38)47(39)50)34-24-20-31(21-25-34)32-22-26-35(27-23-32)49-52-43-19-11-8-16-40(43)45-30-44(53-54(45)49)33-12-4-3-5-13-33/h3-30H,1-2H3. The second kappa shape index (κ2) is 11.5. The van der Waals surface area contributed by atoms with Crippen LogP contribution in [0.1, 0.15) is 25.0 Å². The lowest BCUT2D eigenvalue weighted by molar-refractivity contribution is 0.666. The van der Waals surface area contributed by atoms with Gasteiger partial charge in [-0.25, -0.2) is 14.5 Å². The van der Waals surface area contributed by atoms with E-state index in [2.05, 4.69) is 159 Å². The van der Waals surface area contributed by atoms with Gasteiger partial charge < -0.3 is 0 Å². The van der Waals surface area contributed by atoms with Crippen LogP contribution in [0.3, 0.4) is 0 Å². The van der Waals surface area contributed by atoms with E-state index in [-0.39, 0.29) is 5.41 Å². The number of nitrogens with zero attached hydrogens (tertiary/aromatic N) is 4. The zero-order valence-electron chi connectivity index (χ0n) is 30.0. The van der Waals surface area contributed by atoms with Crippen LogP contribution in [0.25, 0.3) is 94.3 Å². The first-order chi connectivity index (χ1) is 26.5. The van der Waals surface area contributed by atoms with Crippen molar-refractivity contribution >= 4 is 38.1 Å². The molecule has 3 aromatic heterocycles. The zero-order chi connectivity index (χ0) is 36.0. The SMILES string of the molecule is CC1(C)c2ccccc2-c2ccc3c(c(-c4ccc(-c5ccc(-c6nc7ccccc7c7cc(-c8ccccc8)nn67)cc5)cc4)nc4ccccc43)c21. The van der Waals surface area contributed by atoms with Gasteiger partial charge >= 0.3 is 0 Å². The second-order valence-corrected chi connectivity index (χ2v) is 14.9. The van der Waals surface area contributed by atoms with Crippen LogP contribution in [-0.4, -0.2) is 19.6 Å². The average Bonchev–Trinajstić information content (AvgIpc) is 3.78. The zero-order valence-corrected chi connectivity index (χ0v) is 30.0. The lowest BCUT2D eigenvalue weighted by Gasteiger charge is -2.24. The van der Waals surface area contributed by atoms with Crippen LogP contribution in [-0.2, 0) is 5.41 Å². The molecule has 3 heterocycles. The highest BCUT2D eigenvalue weighted by atomic mass is 15.3. The Morgan fingerprint density at radius 3 is 1.83 bits per heavy atom. The lowest BCUT2D eigenvalue weighted by Crippen LogP contribution is -2.16. The Morgan fingerprint density at radius 2 is 1.07 bits per heavy atom. The Kier molecular flexibility index (Phi) is 6.56. The quantitative estimate of drug-likeness (QED) is 0.173. The molecule has 1 aliphatic carbocycles. The molecule has 7 aromatic carbocycles. The third-order valence-corrected chi connectivity index (χ3v) is 11.4. The van der Waals surface area contributed by atoms with E-state index < -0.39 is 0 Å². The Labute approximate surface area is 313 Å². The van der Waals surface area contributed by atoms with Gasteiger partial charge in [-0.05, 0) is 57.0 Å². The van der Waals surface area contributed by atoms with Gasteiger partial charge in [0.1, 0.15) is 0 Å². The number of para-hydroxylation sites is 2. The van der Waals surface area contributed by atoms with Gasteiger partial charge in [0.05, 0.1) is 27.9 Å². The van der Waals surface area contributed by atoms with Crippen LogP contribution in [0.2, 0.25) is 0 Å². The van der Waals surface area contributed by atoms with Gasteiger partial charge in [0.15, 0.2) is 5.82 Å². The number of pyridine rings is 1. The van der Waals surface area contributed by atoms with Crippen LogP contribution < -0.4 is 0 Å². The van der Waals surface area contributed by atoms with Crippen molar-refractivity contribution in [3.05, 3.63) is 181 Å². The molecule has 10 aromatic rings. The Hall–Kier alpha value is -6.91. The predicted octanol–water partition coefficient (Wildman–Crippen LogP) is 12.6. The lowest BCUT2D eigenvalue weighted by atomic mass is 9.79. The average molecular weight is 691 g/mol. The smallest absolute Gasteiger partial charge is 0.161 e. The molecule has 0 spiro atoms. The molecule has 254 valence electrons. The molecule has 0 unspecified atom stereocenters. The highest BCUT2D eigenvalue weighted by Crippen LogP contribution is 2.53. The Bertz CT molecular complexity index is 3100. The number of aromatic nitrogens is 4. The number of hydrogen-bond donors (Lipinski definition) is 0. The maximum Gasteiger partial charge on any atom is 0.161 e. The molecule has 0 atom stereocenters. The first-order valence-electron chi connectivity index (χ1n) is 18.5. The van der Waals surface area contributed by atoms with Crippen molar-refractivity contribution in [3.63, 3.8) is 0 Å². The summed E-state index contributed by atoms with van der Waals surface area (Å²) in [6.45, 7) is 4.71. The number of fused-ring (bicyclic) bond motifs is 10. The largest absolute Gasteiger partial charge is 0.247 e. The van der Waals surface area contributed by atoms with Crippen LogP contribution in [0.5, 0.6) is 0 Å². The maximum atomic E-state index is 5.38.